The Labute approximate surface area is 172 Å². The van der Waals surface area contributed by atoms with Crippen LogP contribution in [0.4, 0.5) is 13.2 Å². The highest BCUT2D eigenvalue weighted by Gasteiger charge is 2.35. The van der Waals surface area contributed by atoms with Crippen LogP contribution in [0.2, 0.25) is 0 Å². The van der Waals surface area contributed by atoms with Crippen molar-refractivity contribution in [2.75, 3.05) is 26.2 Å². The summed E-state index contributed by atoms with van der Waals surface area (Å²) in [6.45, 7) is 1.19. The lowest BCUT2D eigenvalue weighted by molar-refractivity contribution is -0.142. The SMILES string of the molecule is O=C1CCCCN1CCN1CCCC1c1nc2ccccc2c(=O)n1CC(F)(F)F. The van der Waals surface area contributed by atoms with E-state index in [1.807, 2.05) is 4.90 Å². The van der Waals surface area contributed by atoms with Crippen LogP contribution in [-0.4, -0.2) is 57.6 Å². The van der Waals surface area contributed by atoms with Gasteiger partial charge in [-0.05, 0) is 44.4 Å². The van der Waals surface area contributed by atoms with E-state index in [9.17, 15) is 22.8 Å². The molecule has 9 heteroatoms. The smallest absolute Gasteiger partial charge is 0.341 e. The Morgan fingerprint density at radius 3 is 2.60 bits per heavy atom. The molecule has 1 atom stereocenters. The molecule has 3 heterocycles. The highest BCUT2D eigenvalue weighted by molar-refractivity contribution is 5.77. The number of aromatic nitrogens is 2. The molecule has 2 aromatic rings. The maximum absolute atomic E-state index is 13.3. The fourth-order valence-electron chi connectivity index (χ4n) is 4.51. The average Bonchev–Trinajstić information content (AvgIpc) is 3.17. The number of carbonyl (C=O) groups is 1. The van der Waals surface area contributed by atoms with Crippen LogP contribution >= 0.6 is 0 Å². The molecule has 1 aromatic heterocycles. The number of piperidine rings is 1. The Bertz CT molecular complexity index is 988. The molecule has 6 nitrogen and oxygen atoms in total. The van der Waals surface area contributed by atoms with Gasteiger partial charge in [0.15, 0.2) is 0 Å². The van der Waals surface area contributed by atoms with Gasteiger partial charge in [-0.15, -0.1) is 0 Å². The molecule has 0 saturated carbocycles. The van der Waals surface area contributed by atoms with Gasteiger partial charge in [-0.3, -0.25) is 19.1 Å². The number of para-hydroxylation sites is 1. The number of amides is 1. The first-order chi connectivity index (χ1) is 14.3. The molecular formula is C21H25F3N4O2. The highest BCUT2D eigenvalue weighted by atomic mass is 19.4. The summed E-state index contributed by atoms with van der Waals surface area (Å²) in [4.78, 5) is 33.4. The van der Waals surface area contributed by atoms with Crippen molar-refractivity contribution >= 4 is 16.8 Å². The van der Waals surface area contributed by atoms with Gasteiger partial charge < -0.3 is 4.90 Å². The summed E-state index contributed by atoms with van der Waals surface area (Å²) in [5, 5.41) is 0.189. The fraction of sp³-hybridized carbons (Fsp3) is 0.571. The second-order valence-electron chi connectivity index (χ2n) is 8.03. The van der Waals surface area contributed by atoms with E-state index in [0.717, 1.165) is 30.4 Å². The van der Waals surface area contributed by atoms with E-state index in [1.165, 1.54) is 6.07 Å². The van der Waals surface area contributed by atoms with Gasteiger partial charge in [0, 0.05) is 26.1 Å². The van der Waals surface area contributed by atoms with Gasteiger partial charge >= 0.3 is 6.18 Å². The zero-order valence-corrected chi connectivity index (χ0v) is 16.7. The lowest BCUT2D eigenvalue weighted by atomic mass is 10.1. The quantitative estimate of drug-likeness (QED) is 0.743. The van der Waals surface area contributed by atoms with Crippen molar-refractivity contribution in [2.45, 2.75) is 50.9 Å². The van der Waals surface area contributed by atoms with Crippen molar-refractivity contribution in [3.63, 3.8) is 0 Å². The number of hydrogen-bond acceptors (Lipinski definition) is 4. The van der Waals surface area contributed by atoms with E-state index < -0.39 is 18.3 Å². The molecule has 0 radical (unpaired) electrons. The van der Waals surface area contributed by atoms with E-state index >= 15 is 0 Å². The number of carbonyl (C=O) groups excluding carboxylic acids is 1. The van der Waals surface area contributed by atoms with E-state index in [-0.39, 0.29) is 23.2 Å². The highest BCUT2D eigenvalue weighted by Crippen LogP contribution is 2.32. The fourth-order valence-corrected chi connectivity index (χ4v) is 4.51. The molecule has 2 aliphatic heterocycles. The summed E-state index contributed by atoms with van der Waals surface area (Å²) >= 11 is 0. The molecule has 0 bridgehead atoms. The number of alkyl halides is 3. The zero-order chi connectivity index (χ0) is 21.3. The topological polar surface area (TPSA) is 58.4 Å². The number of nitrogens with zero attached hydrogens (tertiary/aromatic N) is 4. The number of halogens is 3. The number of benzene rings is 1. The summed E-state index contributed by atoms with van der Waals surface area (Å²) in [6, 6.07) is 6.14. The van der Waals surface area contributed by atoms with Crippen LogP contribution in [0.1, 0.15) is 44.0 Å². The van der Waals surface area contributed by atoms with Gasteiger partial charge in [0.25, 0.3) is 5.56 Å². The first kappa shape index (κ1) is 20.8. The van der Waals surface area contributed by atoms with Gasteiger partial charge in [0.2, 0.25) is 5.91 Å². The molecule has 1 unspecified atom stereocenters. The van der Waals surface area contributed by atoms with Crippen molar-refractivity contribution in [1.29, 1.82) is 0 Å². The monoisotopic (exact) mass is 422 g/mol. The van der Waals surface area contributed by atoms with Crippen molar-refractivity contribution in [3.05, 3.63) is 40.4 Å². The van der Waals surface area contributed by atoms with Crippen LogP contribution in [-0.2, 0) is 11.3 Å². The molecule has 1 aromatic carbocycles. The van der Waals surface area contributed by atoms with Gasteiger partial charge in [-0.1, -0.05) is 12.1 Å². The van der Waals surface area contributed by atoms with Crippen molar-refractivity contribution < 1.29 is 18.0 Å². The second kappa shape index (κ2) is 8.37. The molecule has 162 valence electrons. The third-order valence-electron chi connectivity index (χ3n) is 5.97. The predicted molar refractivity (Wildman–Crippen MR) is 106 cm³/mol. The van der Waals surface area contributed by atoms with Crippen LogP contribution in [0.15, 0.2) is 29.1 Å². The van der Waals surface area contributed by atoms with Gasteiger partial charge in [0.1, 0.15) is 12.4 Å². The minimum Gasteiger partial charge on any atom is -0.341 e. The standard InChI is InChI=1S/C21H25F3N4O2/c22-21(23,24)14-28-19(25-16-7-2-1-6-15(16)20(28)30)17-8-5-11-26(17)12-13-27-10-4-3-9-18(27)29/h1-2,6-7,17H,3-5,8-14H2. The van der Waals surface area contributed by atoms with Crippen LogP contribution < -0.4 is 5.56 Å². The minimum atomic E-state index is -4.52. The van der Waals surface area contributed by atoms with Gasteiger partial charge in [-0.25, -0.2) is 4.98 Å². The second-order valence-corrected chi connectivity index (χ2v) is 8.03. The summed E-state index contributed by atoms with van der Waals surface area (Å²) in [5.74, 6) is 0.299. The molecule has 2 aliphatic rings. The normalized spacial score (nSPS) is 21.0. The molecule has 1 amide bonds. The van der Waals surface area contributed by atoms with E-state index in [2.05, 4.69) is 9.88 Å². The maximum Gasteiger partial charge on any atom is 0.406 e. The van der Waals surface area contributed by atoms with E-state index in [0.29, 0.717) is 38.0 Å². The zero-order valence-electron chi connectivity index (χ0n) is 16.7. The third kappa shape index (κ3) is 4.35. The van der Waals surface area contributed by atoms with Gasteiger partial charge in [0.05, 0.1) is 16.9 Å². The van der Waals surface area contributed by atoms with Crippen molar-refractivity contribution in [2.24, 2.45) is 0 Å². The number of hydrogen-bond donors (Lipinski definition) is 0. The molecule has 2 fully saturated rings. The van der Waals surface area contributed by atoms with Crippen LogP contribution in [0, 0.1) is 0 Å². The van der Waals surface area contributed by atoms with Crippen LogP contribution in [0.25, 0.3) is 10.9 Å². The Morgan fingerprint density at radius 1 is 1.03 bits per heavy atom. The molecule has 4 rings (SSSR count). The van der Waals surface area contributed by atoms with Crippen molar-refractivity contribution in [3.8, 4) is 0 Å². The minimum absolute atomic E-state index is 0.134. The number of likely N-dealkylation sites (tertiary alicyclic amines) is 2. The van der Waals surface area contributed by atoms with Gasteiger partial charge in [-0.2, -0.15) is 13.2 Å². The lowest BCUT2D eigenvalue weighted by Gasteiger charge is -2.31. The van der Waals surface area contributed by atoms with Crippen molar-refractivity contribution in [1.82, 2.24) is 19.4 Å². The summed E-state index contributed by atoms with van der Waals surface area (Å²) in [7, 11) is 0. The first-order valence-corrected chi connectivity index (χ1v) is 10.4. The largest absolute Gasteiger partial charge is 0.406 e. The molecule has 30 heavy (non-hydrogen) atoms. The summed E-state index contributed by atoms with van der Waals surface area (Å²) in [5.41, 5.74) is -0.250. The predicted octanol–water partition coefficient (Wildman–Crippen LogP) is 3.11. The Kier molecular flexibility index (Phi) is 5.81. The molecule has 0 N–H and O–H groups in total. The Hall–Kier alpha value is -2.42. The third-order valence-corrected chi connectivity index (χ3v) is 5.97. The van der Waals surface area contributed by atoms with Crippen LogP contribution in [0.5, 0.6) is 0 Å². The lowest BCUT2D eigenvalue weighted by Crippen LogP contribution is -2.42. The maximum atomic E-state index is 13.3. The molecule has 0 spiro atoms. The van der Waals surface area contributed by atoms with E-state index in [4.69, 9.17) is 0 Å². The molecule has 2 saturated heterocycles. The Balaban J connectivity index is 1.65. The Morgan fingerprint density at radius 2 is 1.83 bits per heavy atom. The number of fused-ring (bicyclic) bond motifs is 1. The molecular weight excluding hydrogens is 397 g/mol. The van der Waals surface area contributed by atoms with Crippen LogP contribution in [0.3, 0.4) is 0 Å². The average molecular weight is 422 g/mol. The number of rotatable bonds is 5. The van der Waals surface area contributed by atoms with E-state index in [1.54, 1.807) is 18.2 Å². The summed E-state index contributed by atoms with van der Waals surface area (Å²) < 4.78 is 40.6. The molecule has 0 aliphatic carbocycles. The first-order valence-electron chi connectivity index (χ1n) is 10.4. The summed E-state index contributed by atoms with van der Waals surface area (Å²) in [6.07, 6.45) is -0.629.